The van der Waals surface area contributed by atoms with Gasteiger partial charge >= 0.3 is 5.69 Å². The summed E-state index contributed by atoms with van der Waals surface area (Å²) in [7, 11) is 0. The van der Waals surface area contributed by atoms with E-state index in [-0.39, 0.29) is 17.3 Å². The van der Waals surface area contributed by atoms with E-state index in [4.69, 9.17) is 11.6 Å². The van der Waals surface area contributed by atoms with Crippen LogP contribution in [0, 0.1) is 10.1 Å². The molecule has 9 heteroatoms. The molecule has 0 aliphatic carbocycles. The van der Waals surface area contributed by atoms with Crippen molar-refractivity contribution in [3.8, 4) is 0 Å². The predicted octanol–water partition coefficient (Wildman–Crippen LogP) is 1.36. The molecule has 2 aromatic heterocycles. The maximum absolute atomic E-state index is 12.0. The Bertz CT molecular complexity index is 650. The minimum absolute atomic E-state index is 0.123. The van der Waals surface area contributed by atoms with Crippen LogP contribution in [0.15, 0.2) is 30.9 Å². The van der Waals surface area contributed by atoms with E-state index in [0.29, 0.717) is 5.69 Å². The fourth-order valence-corrected chi connectivity index (χ4v) is 1.70. The first kappa shape index (κ1) is 13.8. The molecule has 0 aromatic carbocycles. The zero-order valence-electron chi connectivity index (χ0n) is 9.99. The number of hydrogen-bond acceptors (Lipinski definition) is 6. The summed E-state index contributed by atoms with van der Waals surface area (Å²) in [4.78, 5) is 33.4. The Morgan fingerprint density at radius 1 is 1.35 bits per heavy atom. The topological polar surface area (TPSA) is 111 Å². The number of amides is 1. The Kier molecular flexibility index (Phi) is 4.16. The average molecular weight is 294 g/mol. The second-order valence-electron chi connectivity index (χ2n) is 3.64. The number of carbonyl (C=O) groups excluding carboxylic acids is 1. The molecule has 0 bridgehead atoms. The van der Waals surface area contributed by atoms with E-state index in [2.05, 4.69) is 20.3 Å². The summed E-state index contributed by atoms with van der Waals surface area (Å²) in [5, 5.41) is 13.1. The fourth-order valence-electron chi connectivity index (χ4n) is 1.47. The van der Waals surface area contributed by atoms with E-state index in [1.165, 1.54) is 24.8 Å². The molecule has 0 aliphatic rings. The van der Waals surface area contributed by atoms with Crippen LogP contribution in [0.2, 0.25) is 5.15 Å². The monoisotopic (exact) mass is 293 g/mol. The smallest absolute Gasteiger partial charge is 0.319 e. The average Bonchev–Trinajstić information content (AvgIpc) is 2.45. The Morgan fingerprint density at radius 3 is 2.80 bits per heavy atom. The van der Waals surface area contributed by atoms with Gasteiger partial charge < -0.3 is 5.32 Å². The van der Waals surface area contributed by atoms with Gasteiger partial charge in [-0.25, -0.2) is 15.0 Å². The molecule has 0 aliphatic heterocycles. The highest BCUT2D eigenvalue weighted by atomic mass is 35.5. The lowest BCUT2D eigenvalue weighted by atomic mass is 10.2. The summed E-state index contributed by atoms with van der Waals surface area (Å²) in [6.45, 7) is 0.123. The largest absolute Gasteiger partial charge is 0.346 e. The third-order valence-corrected chi connectivity index (χ3v) is 2.66. The number of nitrogens with one attached hydrogen (secondary N) is 1. The lowest BCUT2D eigenvalue weighted by Crippen LogP contribution is -2.24. The summed E-state index contributed by atoms with van der Waals surface area (Å²) in [6, 6.07) is 2.85. The minimum atomic E-state index is -0.741. The first-order valence-electron chi connectivity index (χ1n) is 5.41. The van der Waals surface area contributed by atoms with Gasteiger partial charge in [-0.3, -0.25) is 14.9 Å². The molecule has 0 saturated carbocycles. The molecule has 2 heterocycles. The maximum Gasteiger partial charge on any atom is 0.319 e. The van der Waals surface area contributed by atoms with Crippen molar-refractivity contribution in [3.05, 3.63) is 57.4 Å². The van der Waals surface area contributed by atoms with Crippen molar-refractivity contribution in [2.75, 3.05) is 0 Å². The highest BCUT2D eigenvalue weighted by Crippen LogP contribution is 2.25. The predicted molar refractivity (Wildman–Crippen MR) is 69.1 cm³/mol. The third kappa shape index (κ3) is 3.04. The van der Waals surface area contributed by atoms with Crippen LogP contribution in [0.25, 0.3) is 0 Å². The Balaban J connectivity index is 2.18. The summed E-state index contributed by atoms with van der Waals surface area (Å²) in [6.07, 6.45) is 4.10. The van der Waals surface area contributed by atoms with Gasteiger partial charge in [0.25, 0.3) is 5.91 Å². The summed E-state index contributed by atoms with van der Waals surface area (Å²) >= 11 is 5.63. The van der Waals surface area contributed by atoms with Crippen LogP contribution in [0.3, 0.4) is 0 Å². The maximum atomic E-state index is 12.0. The van der Waals surface area contributed by atoms with E-state index >= 15 is 0 Å². The van der Waals surface area contributed by atoms with Gasteiger partial charge in [-0.05, 0) is 12.1 Å². The lowest BCUT2D eigenvalue weighted by Gasteiger charge is -2.05. The number of carbonyl (C=O) groups is 1. The van der Waals surface area contributed by atoms with Crippen LogP contribution in [0.4, 0.5) is 5.69 Å². The standard InChI is InChI=1S/C11H8ClN5O3/c12-10-9(17(19)20)8(2-4-14-10)11(18)15-5-7-1-3-13-6-16-7/h1-4,6H,5H2,(H,15,18). The zero-order valence-corrected chi connectivity index (χ0v) is 10.7. The van der Waals surface area contributed by atoms with Gasteiger partial charge in [-0.2, -0.15) is 0 Å². The lowest BCUT2D eigenvalue weighted by molar-refractivity contribution is -0.385. The number of rotatable bonds is 4. The van der Waals surface area contributed by atoms with Gasteiger partial charge in [0, 0.05) is 12.4 Å². The Labute approximate surface area is 118 Å². The molecule has 0 spiro atoms. The molecule has 1 N–H and O–H groups in total. The molecule has 102 valence electrons. The van der Waals surface area contributed by atoms with Crippen LogP contribution in [0.5, 0.6) is 0 Å². The van der Waals surface area contributed by atoms with Gasteiger partial charge in [0.1, 0.15) is 11.9 Å². The number of hydrogen-bond donors (Lipinski definition) is 1. The molecular weight excluding hydrogens is 286 g/mol. The van der Waals surface area contributed by atoms with Crippen LogP contribution in [0.1, 0.15) is 16.1 Å². The van der Waals surface area contributed by atoms with Gasteiger partial charge in [-0.1, -0.05) is 11.6 Å². The summed E-state index contributed by atoms with van der Waals surface area (Å²) in [5.74, 6) is -0.625. The molecule has 2 rings (SSSR count). The van der Waals surface area contributed by atoms with Crippen molar-refractivity contribution < 1.29 is 9.72 Å². The summed E-state index contributed by atoms with van der Waals surface area (Å²) in [5.41, 5.74) is -0.0884. The molecule has 20 heavy (non-hydrogen) atoms. The number of nitrogens with zero attached hydrogens (tertiary/aromatic N) is 4. The van der Waals surface area contributed by atoms with E-state index in [0.717, 1.165) is 0 Å². The van der Waals surface area contributed by atoms with Crippen LogP contribution >= 0.6 is 11.6 Å². The second kappa shape index (κ2) is 6.02. The van der Waals surface area contributed by atoms with Crippen molar-refractivity contribution >= 4 is 23.2 Å². The molecule has 0 atom stereocenters. The van der Waals surface area contributed by atoms with Gasteiger partial charge in [0.05, 0.1) is 17.2 Å². The molecule has 0 fully saturated rings. The van der Waals surface area contributed by atoms with Crippen molar-refractivity contribution in [2.45, 2.75) is 6.54 Å². The van der Waals surface area contributed by atoms with Crippen LogP contribution in [-0.2, 0) is 6.54 Å². The number of pyridine rings is 1. The van der Waals surface area contributed by atoms with Crippen molar-refractivity contribution in [1.82, 2.24) is 20.3 Å². The minimum Gasteiger partial charge on any atom is -0.346 e. The molecule has 0 radical (unpaired) electrons. The van der Waals surface area contributed by atoms with Crippen molar-refractivity contribution in [1.29, 1.82) is 0 Å². The normalized spacial score (nSPS) is 10.1. The molecule has 1 amide bonds. The third-order valence-electron chi connectivity index (χ3n) is 2.38. The zero-order chi connectivity index (χ0) is 14.5. The van der Waals surface area contributed by atoms with Crippen molar-refractivity contribution in [2.24, 2.45) is 0 Å². The molecule has 8 nitrogen and oxygen atoms in total. The first-order chi connectivity index (χ1) is 9.59. The fraction of sp³-hybridized carbons (Fsp3) is 0.0909. The highest BCUT2D eigenvalue weighted by molar-refractivity contribution is 6.32. The number of nitro groups is 1. The van der Waals surface area contributed by atoms with Crippen molar-refractivity contribution in [3.63, 3.8) is 0 Å². The highest BCUT2D eigenvalue weighted by Gasteiger charge is 2.24. The van der Waals surface area contributed by atoms with Crippen LogP contribution < -0.4 is 5.32 Å². The van der Waals surface area contributed by atoms with E-state index < -0.39 is 16.5 Å². The van der Waals surface area contributed by atoms with E-state index in [9.17, 15) is 14.9 Å². The van der Waals surface area contributed by atoms with Gasteiger partial charge in [-0.15, -0.1) is 0 Å². The summed E-state index contributed by atoms with van der Waals surface area (Å²) < 4.78 is 0. The van der Waals surface area contributed by atoms with Gasteiger partial charge in [0.15, 0.2) is 0 Å². The number of halogens is 1. The Hall–Kier alpha value is -2.61. The second-order valence-corrected chi connectivity index (χ2v) is 4.00. The molecule has 0 saturated heterocycles. The van der Waals surface area contributed by atoms with E-state index in [1.54, 1.807) is 6.07 Å². The van der Waals surface area contributed by atoms with Gasteiger partial charge in [0.2, 0.25) is 5.15 Å². The van der Waals surface area contributed by atoms with Crippen LogP contribution in [-0.4, -0.2) is 25.8 Å². The van der Waals surface area contributed by atoms with E-state index in [1.807, 2.05) is 0 Å². The molecular formula is C11H8ClN5O3. The Morgan fingerprint density at radius 2 is 2.15 bits per heavy atom. The SMILES string of the molecule is O=C(NCc1ccncn1)c1ccnc(Cl)c1[N+](=O)[O-]. The quantitative estimate of drug-likeness (QED) is 0.517. The number of aromatic nitrogens is 3. The molecule has 2 aromatic rings. The first-order valence-corrected chi connectivity index (χ1v) is 5.79. The molecule has 0 unspecified atom stereocenters.